The molecule has 0 saturated carbocycles. The van der Waals surface area contributed by atoms with Gasteiger partial charge in [0.25, 0.3) is 5.91 Å². The van der Waals surface area contributed by atoms with E-state index in [4.69, 9.17) is 0 Å². The average molecular weight is 496 g/mol. The largest absolute Gasteiger partial charge is 0.477 e. The Morgan fingerprint density at radius 3 is 2.75 bits per heavy atom. The molecule has 0 spiro atoms. The number of thiophene rings is 1. The lowest BCUT2D eigenvalue weighted by Gasteiger charge is -2.49. The number of nitrogens with one attached hydrogen (secondary N) is 1. The second kappa shape index (κ2) is 7.19. The van der Waals surface area contributed by atoms with Gasteiger partial charge in [-0.05, 0) is 33.6 Å². The van der Waals surface area contributed by atoms with E-state index in [1.165, 1.54) is 28.0 Å². The molecule has 3 heterocycles. The number of fused-ring (bicyclic) bond motifs is 1. The highest BCUT2D eigenvalue weighted by molar-refractivity contribution is 9.11. The molecule has 1 saturated heterocycles. The van der Waals surface area contributed by atoms with Crippen LogP contribution in [0.3, 0.4) is 0 Å². The molecule has 2 aliphatic rings. The fraction of sp³-hybridized carbons (Fsp3) is 0.357. The van der Waals surface area contributed by atoms with Gasteiger partial charge < -0.3 is 10.4 Å². The number of nitrogens with zero attached hydrogens (tertiary/aromatic N) is 1. The molecule has 3 rings (SSSR count). The van der Waals surface area contributed by atoms with Crippen LogP contribution in [0.1, 0.15) is 4.88 Å². The number of hydrogen-bond donors (Lipinski definition) is 2. The number of β-lactam (4-membered cyclic amide) rings is 1. The highest BCUT2D eigenvalue weighted by Gasteiger charge is 2.53. The van der Waals surface area contributed by atoms with Gasteiger partial charge in [-0.2, -0.15) is 0 Å². The highest BCUT2D eigenvalue weighted by atomic mass is 79.9. The van der Waals surface area contributed by atoms with Crippen molar-refractivity contribution in [1.29, 1.82) is 0 Å². The molecule has 24 heavy (non-hydrogen) atoms. The molecule has 10 heteroatoms. The Balaban J connectivity index is 1.68. The van der Waals surface area contributed by atoms with E-state index in [0.29, 0.717) is 16.7 Å². The molecule has 2 N–H and O–H groups in total. The minimum atomic E-state index is -1.11. The van der Waals surface area contributed by atoms with E-state index in [0.717, 1.165) is 8.66 Å². The Morgan fingerprint density at radius 2 is 2.17 bits per heavy atom. The van der Waals surface area contributed by atoms with E-state index in [1.54, 1.807) is 0 Å². The molecule has 6 nitrogen and oxygen atoms in total. The summed E-state index contributed by atoms with van der Waals surface area (Å²) in [6, 6.07) is 3.05. The minimum absolute atomic E-state index is 0.0355. The topological polar surface area (TPSA) is 86.7 Å². The van der Waals surface area contributed by atoms with Crippen molar-refractivity contribution in [2.75, 3.05) is 11.1 Å². The van der Waals surface area contributed by atoms with Gasteiger partial charge in [-0.15, -0.1) is 23.1 Å². The van der Waals surface area contributed by atoms with Crippen molar-refractivity contribution in [3.8, 4) is 0 Å². The van der Waals surface area contributed by atoms with Crippen molar-refractivity contribution in [2.45, 2.75) is 17.8 Å². The van der Waals surface area contributed by atoms with Gasteiger partial charge in [0, 0.05) is 16.0 Å². The molecular weight excluding hydrogens is 484 g/mol. The first-order valence-electron chi connectivity index (χ1n) is 6.92. The predicted molar refractivity (Wildman–Crippen MR) is 99.2 cm³/mol. The summed E-state index contributed by atoms with van der Waals surface area (Å²) < 4.78 is 0.942. The normalized spacial score (nSPS) is 22.9. The monoisotopic (exact) mass is 494 g/mol. The lowest BCUT2D eigenvalue weighted by atomic mass is 10.0. The first-order valence-corrected chi connectivity index (χ1v) is 10.7. The average Bonchev–Trinajstić information content (AvgIpc) is 2.95. The third-order valence-corrected chi connectivity index (χ3v) is 7.33. The number of carboxylic acids is 1. The van der Waals surface area contributed by atoms with Crippen LogP contribution in [-0.2, 0) is 20.8 Å². The van der Waals surface area contributed by atoms with E-state index in [9.17, 15) is 19.5 Å². The van der Waals surface area contributed by atoms with Crippen molar-refractivity contribution < 1.29 is 19.5 Å². The predicted octanol–water partition coefficient (Wildman–Crippen LogP) is 2.19. The van der Waals surface area contributed by atoms with Crippen LogP contribution in [0.25, 0.3) is 0 Å². The maximum atomic E-state index is 12.3. The minimum Gasteiger partial charge on any atom is -0.477 e. The summed E-state index contributed by atoms with van der Waals surface area (Å²) in [5.41, 5.74) is 0.707. The van der Waals surface area contributed by atoms with Crippen molar-refractivity contribution >= 4 is 72.7 Å². The maximum absolute atomic E-state index is 12.3. The summed E-state index contributed by atoms with van der Waals surface area (Å²) >= 11 is 9.53. The van der Waals surface area contributed by atoms with Crippen LogP contribution in [0.4, 0.5) is 0 Å². The Kier molecular flexibility index (Phi) is 5.38. The first kappa shape index (κ1) is 18.0. The zero-order valence-corrected chi connectivity index (χ0v) is 16.9. The zero-order valence-electron chi connectivity index (χ0n) is 12.1. The lowest BCUT2D eigenvalue weighted by Crippen LogP contribution is -2.70. The fourth-order valence-corrected chi connectivity index (χ4v) is 6.17. The van der Waals surface area contributed by atoms with Gasteiger partial charge >= 0.3 is 5.97 Å². The number of halogens is 2. The molecule has 2 atom stereocenters. The standard InChI is InChI=1S/C14H12Br2N2O4S2/c15-4-6-5-23-13-10(12(20)18(13)11(6)14(21)22)17-9(19)3-7-1-2-8(16)24-7/h1-2,10,13H,3-5H2,(H,17,19)(H,21,22)/t10?,13-/m0/s1. The first-order chi connectivity index (χ1) is 11.4. The molecular formula is C14H12Br2N2O4S2. The van der Waals surface area contributed by atoms with E-state index >= 15 is 0 Å². The molecule has 128 valence electrons. The number of thioether (sulfide) groups is 1. The van der Waals surface area contributed by atoms with E-state index in [1.807, 2.05) is 12.1 Å². The van der Waals surface area contributed by atoms with Crippen LogP contribution < -0.4 is 5.32 Å². The molecule has 1 aromatic heterocycles. The van der Waals surface area contributed by atoms with Crippen molar-refractivity contribution in [3.63, 3.8) is 0 Å². The summed E-state index contributed by atoms with van der Waals surface area (Å²) in [5.74, 6) is -1.21. The van der Waals surface area contributed by atoms with Gasteiger partial charge in [0.15, 0.2) is 0 Å². The second-order valence-corrected chi connectivity index (χ2v) is 9.44. The molecule has 0 bridgehead atoms. The number of alkyl halides is 1. The Bertz CT molecular complexity index is 749. The number of rotatable bonds is 5. The maximum Gasteiger partial charge on any atom is 0.352 e. The molecule has 0 radical (unpaired) electrons. The molecule has 0 aromatic carbocycles. The zero-order chi connectivity index (χ0) is 17.4. The summed E-state index contributed by atoms with van der Waals surface area (Å²) in [4.78, 5) is 38.1. The van der Waals surface area contributed by atoms with Crippen LogP contribution in [0, 0.1) is 0 Å². The highest BCUT2D eigenvalue weighted by Crippen LogP contribution is 2.40. The molecule has 1 aromatic rings. The molecule has 2 amide bonds. The third-order valence-electron chi connectivity index (χ3n) is 3.69. The Morgan fingerprint density at radius 1 is 1.42 bits per heavy atom. The van der Waals surface area contributed by atoms with Crippen molar-refractivity contribution in [3.05, 3.63) is 32.1 Å². The van der Waals surface area contributed by atoms with Crippen LogP contribution in [0.2, 0.25) is 0 Å². The quantitative estimate of drug-likeness (QED) is 0.483. The van der Waals surface area contributed by atoms with Crippen molar-refractivity contribution in [2.24, 2.45) is 0 Å². The van der Waals surface area contributed by atoms with Gasteiger partial charge in [0.1, 0.15) is 17.1 Å². The summed E-state index contributed by atoms with van der Waals surface area (Å²) in [7, 11) is 0. The van der Waals surface area contributed by atoms with Crippen LogP contribution in [0.5, 0.6) is 0 Å². The van der Waals surface area contributed by atoms with Gasteiger partial charge in [-0.1, -0.05) is 15.9 Å². The number of carbonyl (C=O) groups excluding carboxylic acids is 2. The van der Waals surface area contributed by atoms with E-state index < -0.39 is 12.0 Å². The van der Waals surface area contributed by atoms with Crippen LogP contribution >= 0.6 is 55.0 Å². The van der Waals surface area contributed by atoms with Gasteiger partial charge in [-0.25, -0.2) is 4.79 Å². The Hall–Kier alpha value is -0.840. The third kappa shape index (κ3) is 3.29. The van der Waals surface area contributed by atoms with Crippen molar-refractivity contribution in [1.82, 2.24) is 10.2 Å². The number of carbonyl (C=O) groups is 3. The van der Waals surface area contributed by atoms with Crippen LogP contribution in [0.15, 0.2) is 27.2 Å². The van der Waals surface area contributed by atoms with Gasteiger partial charge in [-0.3, -0.25) is 14.5 Å². The molecule has 1 unspecified atom stereocenters. The van der Waals surface area contributed by atoms with Gasteiger partial charge in [0.2, 0.25) is 5.91 Å². The van der Waals surface area contributed by atoms with E-state index in [-0.39, 0.29) is 29.3 Å². The Labute approximate surface area is 162 Å². The van der Waals surface area contributed by atoms with Crippen LogP contribution in [-0.4, -0.2) is 50.3 Å². The fourth-order valence-electron chi connectivity index (χ4n) is 2.62. The number of carboxylic acid groups (broad SMARTS) is 1. The SMILES string of the molecule is O=C(Cc1ccc(Br)s1)NC1C(=O)N2C(C(=O)O)=C(CBr)CS[C@@H]12. The number of amides is 2. The summed E-state index contributed by atoms with van der Waals surface area (Å²) in [6.45, 7) is 0. The number of hydrogen-bond acceptors (Lipinski definition) is 5. The molecule has 0 aliphatic carbocycles. The molecule has 1 fully saturated rings. The van der Waals surface area contributed by atoms with Gasteiger partial charge in [0.05, 0.1) is 10.2 Å². The number of aliphatic carboxylic acids is 1. The summed E-state index contributed by atoms with van der Waals surface area (Å²) in [5, 5.41) is 12.2. The smallest absolute Gasteiger partial charge is 0.352 e. The molecule has 2 aliphatic heterocycles. The summed E-state index contributed by atoms with van der Waals surface area (Å²) in [6.07, 6.45) is 0.200. The second-order valence-electron chi connectivity index (χ2n) is 5.23. The van der Waals surface area contributed by atoms with E-state index in [2.05, 4.69) is 37.2 Å². The lowest BCUT2D eigenvalue weighted by molar-refractivity contribution is -0.150.